The van der Waals surface area contributed by atoms with Gasteiger partial charge in [0.15, 0.2) is 0 Å². The summed E-state index contributed by atoms with van der Waals surface area (Å²) in [5.74, 6) is -1.20. The van der Waals surface area contributed by atoms with Gasteiger partial charge < -0.3 is 20.9 Å². The van der Waals surface area contributed by atoms with Crippen LogP contribution in [0.1, 0.15) is 42.9 Å². The largest absolute Gasteiger partial charge is 0.328 e. The second kappa shape index (κ2) is 9.77. The van der Waals surface area contributed by atoms with Crippen LogP contribution in [0, 0.1) is 17.6 Å². The lowest BCUT2D eigenvalue weighted by molar-refractivity contribution is -0.134. The highest BCUT2D eigenvalue weighted by atomic mass is 19.1. The van der Waals surface area contributed by atoms with Gasteiger partial charge in [-0.25, -0.2) is 13.6 Å². The predicted octanol–water partition coefficient (Wildman–Crippen LogP) is 3.84. The summed E-state index contributed by atoms with van der Waals surface area (Å²) in [5, 5.41) is 2.99. The van der Waals surface area contributed by atoms with Gasteiger partial charge in [0.05, 0.1) is 6.04 Å². The predicted molar refractivity (Wildman–Crippen MR) is 129 cm³/mol. The van der Waals surface area contributed by atoms with Crippen molar-refractivity contribution in [1.82, 2.24) is 15.1 Å². The molecule has 35 heavy (non-hydrogen) atoms. The lowest BCUT2D eigenvalue weighted by Crippen LogP contribution is -2.55. The molecule has 2 atom stereocenters. The van der Waals surface area contributed by atoms with Gasteiger partial charge in [0.1, 0.15) is 17.7 Å². The van der Waals surface area contributed by atoms with Gasteiger partial charge in [-0.2, -0.15) is 0 Å². The number of rotatable bonds is 5. The summed E-state index contributed by atoms with van der Waals surface area (Å²) >= 11 is 0. The molecule has 2 aromatic carbocycles. The summed E-state index contributed by atoms with van der Waals surface area (Å²) in [6.45, 7) is 1.27. The number of piperidine rings is 1. The number of amides is 3. The van der Waals surface area contributed by atoms with E-state index in [-0.39, 0.29) is 36.0 Å². The highest BCUT2D eigenvalue weighted by molar-refractivity contribution is 5.90. The Bertz CT molecular complexity index is 1130. The SMILES string of the molecule is NC1CCN(C(=O)N[C@H](C(=O)N2CC(c3cc(F)ccc3F)=C[C@H]2c2ccccc2)C2CC2)CC1. The highest BCUT2D eigenvalue weighted by Gasteiger charge is 2.43. The number of benzene rings is 2. The number of carbonyl (C=O) groups is 2. The number of likely N-dealkylation sites (tertiary alicyclic amines) is 1. The maximum Gasteiger partial charge on any atom is 0.318 e. The Morgan fingerprint density at radius 2 is 1.71 bits per heavy atom. The van der Waals surface area contributed by atoms with Crippen LogP contribution in [0.5, 0.6) is 0 Å². The molecule has 6 nitrogen and oxygen atoms in total. The maximum atomic E-state index is 14.6. The van der Waals surface area contributed by atoms with E-state index in [2.05, 4.69) is 5.32 Å². The Morgan fingerprint density at radius 3 is 2.40 bits per heavy atom. The number of nitrogens with one attached hydrogen (secondary N) is 1. The normalized spacial score (nSPS) is 21.6. The van der Waals surface area contributed by atoms with Crippen molar-refractivity contribution in [2.75, 3.05) is 19.6 Å². The van der Waals surface area contributed by atoms with Crippen LogP contribution in [0.2, 0.25) is 0 Å². The molecule has 0 bridgehead atoms. The van der Waals surface area contributed by atoms with Gasteiger partial charge in [0, 0.05) is 31.2 Å². The fourth-order valence-electron chi connectivity index (χ4n) is 4.99. The minimum absolute atomic E-state index is 0.0740. The lowest BCUT2D eigenvalue weighted by atomic mass is 10.0. The molecule has 2 fully saturated rings. The van der Waals surface area contributed by atoms with Crippen LogP contribution in [0.3, 0.4) is 0 Å². The molecule has 0 aromatic heterocycles. The number of nitrogens with two attached hydrogens (primary N) is 1. The first kappa shape index (κ1) is 23.5. The van der Waals surface area contributed by atoms with Crippen molar-refractivity contribution < 1.29 is 18.4 Å². The Hall–Kier alpha value is -3.26. The Balaban J connectivity index is 1.40. The Morgan fingerprint density at radius 1 is 1.00 bits per heavy atom. The van der Waals surface area contributed by atoms with E-state index in [1.54, 1.807) is 9.80 Å². The molecule has 1 saturated heterocycles. The molecule has 3 amide bonds. The number of nitrogens with zero attached hydrogens (tertiary/aromatic N) is 2. The standard InChI is InChI=1S/C27H30F2N4O2/c28-20-8-9-23(29)22(15-20)19-14-24(17-4-2-1-3-5-17)33(16-19)26(34)25(18-6-7-18)31-27(35)32-12-10-21(30)11-13-32/h1-5,8-9,14-15,18,21,24-25H,6-7,10-13,16,30H2,(H,31,35)/t24-,25-/m0/s1. The molecular formula is C27H30F2N4O2. The van der Waals surface area contributed by atoms with E-state index in [1.165, 1.54) is 6.07 Å². The van der Waals surface area contributed by atoms with Crippen molar-refractivity contribution in [3.63, 3.8) is 0 Å². The lowest BCUT2D eigenvalue weighted by Gasteiger charge is -2.33. The summed E-state index contributed by atoms with van der Waals surface area (Å²) in [5.41, 5.74) is 7.54. The van der Waals surface area contributed by atoms with E-state index in [0.717, 1.165) is 43.4 Å². The van der Waals surface area contributed by atoms with E-state index < -0.39 is 23.7 Å². The van der Waals surface area contributed by atoms with Gasteiger partial charge in [-0.15, -0.1) is 0 Å². The number of hydrogen-bond acceptors (Lipinski definition) is 3. The van der Waals surface area contributed by atoms with Crippen LogP contribution in [-0.2, 0) is 4.79 Å². The van der Waals surface area contributed by atoms with Crippen LogP contribution >= 0.6 is 0 Å². The first-order valence-electron chi connectivity index (χ1n) is 12.2. The second-order valence-corrected chi connectivity index (χ2v) is 9.73. The second-order valence-electron chi connectivity index (χ2n) is 9.73. The van der Waals surface area contributed by atoms with Crippen molar-refractivity contribution in [1.29, 1.82) is 0 Å². The van der Waals surface area contributed by atoms with Gasteiger partial charge in [-0.05, 0) is 60.9 Å². The highest BCUT2D eigenvalue weighted by Crippen LogP contribution is 2.39. The molecule has 0 unspecified atom stereocenters. The smallest absolute Gasteiger partial charge is 0.318 e. The first-order chi connectivity index (χ1) is 16.9. The van der Waals surface area contributed by atoms with Crippen LogP contribution in [-0.4, -0.2) is 53.5 Å². The van der Waals surface area contributed by atoms with E-state index in [0.29, 0.717) is 18.7 Å². The fraction of sp³-hybridized carbons (Fsp3) is 0.407. The maximum absolute atomic E-state index is 14.6. The minimum Gasteiger partial charge on any atom is -0.328 e. The molecule has 1 aliphatic carbocycles. The molecule has 1 saturated carbocycles. The van der Waals surface area contributed by atoms with E-state index >= 15 is 0 Å². The molecule has 2 aliphatic heterocycles. The molecule has 2 heterocycles. The third kappa shape index (κ3) is 5.07. The molecule has 3 aliphatic rings. The van der Waals surface area contributed by atoms with Crippen molar-refractivity contribution >= 4 is 17.5 Å². The van der Waals surface area contributed by atoms with Crippen LogP contribution in [0.15, 0.2) is 54.6 Å². The topological polar surface area (TPSA) is 78.7 Å². The molecule has 184 valence electrons. The zero-order valence-electron chi connectivity index (χ0n) is 19.5. The van der Waals surface area contributed by atoms with E-state index in [9.17, 15) is 18.4 Å². The van der Waals surface area contributed by atoms with Crippen molar-refractivity contribution in [3.8, 4) is 0 Å². The number of halogens is 2. The van der Waals surface area contributed by atoms with Crippen molar-refractivity contribution in [3.05, 3.63) is 77.4 Å². The number of carbonyl (C=O) groups excluding carboxylic acids is 2. The third-order valence-electron chi connectivity index (χ3n) is 7.20. The van der Waals surface area contributed by atoms with E-state index in [4.69, 9.17) is 5.73 Å². The van der Waals surface area contributed by atoms with Crippen LogP contribution in [0.4, 0.5) is 13.6 Å². The van der Waals surface area contributed by atoms with Gasteiger partial charge in [-0.3, -0.25) is 4.79 Å². The monoisotopic (exact) mass is 480 g/mol. The summed E-state index contributed by atoms with van der Waals surface area (Å²) in [6.07, 6.45) is 5.03. The van der Waals surface area contributed by atoms with Gasteiger partial charge in [0.2, 0.25) is 5.91 Å². The zero-order chi connectivity index (χ0) is 24.5. The molecule has 3 N–H and O–H groups in total. The van der Waals surface area contributed by atoms with Crippen LogP contribution in [0.25, 0.3) is 5.57 Å². The summed E-state index contributed by atoms with van der Waals surface area (Å²) in [6, 6.07) is 11.6. The molecule has 0 radical (unpaired) electrons. The Kier molecular flexibility index (Phi) is 6.56. The molecule has 2 aromatic rings. The van der Waals surface area contributed by atoms with Crippen LogP contribution < -0.4 is 11.1 Å². The Labute approximate surface area is 203 Å². The average molecular weight is 481 g/mol. The van der Waals surface area contributed by atoms with Gasteiger partial charge in [-0.1, -0.05) is 36.4 Å². The van der Waals surface area contributed by atoms with E-state index in [1.807, 2.05) is 36.4 Å². The summed E-state index contributed by atoms with van der Waals surface area (Å²) in [4.78, 5) is 30.3. The third-order valence-corrected chi connectivity index (χ3v) is 7.20. The van der Waals surface area contributed by atoms with Crippen molar-refractivity contribution in [2.24, 2.45) is 11.7 Å². The molecule has 8 heteroatoms. The minimum atomic E-state index is -0.658. The first-order valence-corrected chi connectivity index (χ1v) is 12.2. The number of urea groups is 1. The quantitative estimate of drug-likeness (QED) is 0.683. The fourth-order valence-corrected chi connectivity index (χ4v) is 4.99. The average Bonchev–Trinajstić information content (AvgIpc) is 3.62. The van der Waals surface area contributed by atoms with Gasteiger partial charge in [0.25, 0.3) is 0 Å². The summed E-state index contributed by atoms with van der Waals surface area (Å²) in [7, 11) is 0. The molecular weight excluding hydrogens is 450 g/mol. The summed E-state index contributed by atoms with van der Waals surface area (Å²) < 4.78 is 28.5. The zero-order valence-corrected chi connectivity index (χ0v) is 19.5. The molecule has 0 spiro atoms. The van der Waals surface area contributed by atoms with Crippen molar-refractivity contribution in [2.45, 2.75) is 43.8 Å². The van der Waals surface area contributed by atoms with Gasteiger partial charge >= 0.3 is 6.03 Å². The number of hydrogen-bond donors (Lipinski definition) is 2. The molecule has 5 rings (SSSR count).